The third-order valence-electron chi connectivity index (χ3n) is 1.96. The van der Waals surface area contributed by atoms with Crippen LogP contribution >= 0.6 is 23.4 Å². The molecule has 2 rings (SSSR count). The molecule has 0 heterocycles. The Kier molecular flexibility index (Phi) is 2.77. The largest absolute Gasteiger partial charge is 0.114 e. The predicted molar refractivity (Wildman–Crippen MR) is 60.5 cm³/mol. The van der Waals surface area contributed by atoms with E-state index >= 15 is 0 Å². The summed E-state index contributed by atoms with van der Waals surface area (Å²) < 4.78 is 0. The fourth-order valence-corrected chi connectivity index (χ4v) is 2.37. The van der Waals surface area contributed by atoms with E-state index in [1.54, 1.807) is 11.8 Å². The van der Waals surface area contributed by atoms with E-state index in [4.69, 9.17) is 11.6 Å². The summed E-state index contributed by atoms with van der Waals surface area (Å²) in [6.07, 6.45) is 0. The van der Waals surface area contributed by atoms with E-state index < -0.39 is 0 Å². The quantitative estimate of drug-likeness (QED) is 0.528. The zero-order valence-corrected chi connectivity index (χ0v) is 8.61. The van der Waals surface area contributed by atoms with Gasteiger partial charge in [-0.1, -0.05) is 36.4 Å². The van der Waals surface area contributed by atoms with Gasteiger partial charge in [-0.25, -0.2) is 0 Å². The molecule has 0 aliphatic carbocycles. The number of hydrogen-bond acceptors (Lipinski definition) is 1. The third-order valence-corrected chi connectivity index (χ3v) is 3.06. The Hall–Kier alpha value is -0.660. The van der Waals surface area contributed by atoms with Gasteiger partial charge in [-0.3, -0.25) is 0 Å². The van der Waals surface area contributed by atoms with Crippen molar-refractivity contribution in [2.45, 2.75) is 4.90 Å². The molecule has 0 amide bonds. The number of thioether (sulfide) groups is 1. The molecule has 0 saturated carbocycles. The van der Waals surface area contributed by atoms with Crippen molar-refractivity contribution in [2.75, 3.05) is 5.21 Å². The summed E-state index contributed by atoms with van der Waals surface area (Å²) in [5.41, 5.74) is 0. The molecule has 13 heavy (non-hydrogen) atoms. The normalized spacial score (nSPS) is 10.5. The Morgan fingerprint density at radius 1 is 1.00 bits per heavy atom. The maximum absolute atomic E-state index is 5.70. The monoisotopic (exact) mass is 208 g/mol. The minimum atomic E-state index is 0.605. The summed E-state index contributed by atoms with van der Waals surface area (Å²) in [5, 5.41) is 3.17. The zero-order chi connectivity index (χ0) is 9.10. The molecule has 0 spiro atoms. The van der Waals surface area contributed by atoms with Crippen molar-refractivity contribution in [1.82, 2.24) is 0 Å². The molecule has 2 aromatic carbocycles. The number of halogens is 1. The molecule has 0 unspecified atom stereocenters. The zero-order valence-electron chi connectivity index (χ0n) is 7.03. The number of alkyl halides is 1. The molecule has 0 atom stereocenters. The van der Waals surface area contributed by atoms with Crippen LogP contribution in [0, 0.1) is 0 Å². The Morgan fingerprint density at radius 2 is 1.77 bits per heavy atom. The SMILES string of the molecule is ClCSc1cccc2ccccc12. The van der Waals surface area contributed by atoms with Gasteiger partial charge in [0.1, 0.15) is 0 Å². The van der Waals surface area contributed by atoms with E-state index in [2.05, 4.69) is 42.5 Å². The first-order valence-electron chi connectivity index (χ1n) is 4.08. The molecule has 0 aliphatic rings. The Morgan fingerprint density at radius 3 is 2.62 bits per heavy atom. The Labute approximate surface area is 86.9 Å². The van der Waals surface area contributed by atoms with Crippen molar-refractivity contribution >= 4 is 34.1 Å². The van der Waals surface area contributed by atoms with Crippen molar-refractivity contribution in [2.24, 2.45) is 0 Å². The molecule has 0 nitrogen and oxygen atoms in total. The summed E-state index contributed by atoms with van der Waals surface area (Å²) in [6, 6.07) is 14.6. The molecule has 0 aliphatic heterocycles. The molecule has 0 bridgehead atoms. The lowest BCUT2D eigenvalue weighted by atomic mass is 10.1. The van der Waals surface area contributed by atoms with Gasteiger partial charge in [-0.2, -0.15) is 0 Å². The standard InChI is InChI=1S/C11H9ClS/c12-8-13-11-7-3-5-9-4-1-2-6-10(9)11/h1-7H,8H2. The molecular formula is C11H9ClS. The van der Waals surface area contributed by atoms with E-state index in [1.807, 2.05) is 0 Å². The highest BCUT2D eigenvalue weighted by Crippen LogP contribution is 2.27. The average Bonchev–Trinajstić information content (AvgIpc) is 2.19. The fourth-order valence-electron chi connectivity index (χ4n) is 1.38. The van der Waals surface area contributed by atoms with Gasteiger partial charge in [0.25, 0.3) is 0 Å². The maximum Gasteiger partial charge on any atom is 0.0727 e. The Balaban J connectivity index is 2.61. The van der Waals surface area contributed by atoms with Crippen LogP contribution in [0.2, 0.25) is 0 Å². The van der Waals surface area contributed by atoms with Crippen LogP contribution < -0.4 is 0 Å². The minimum absolute atomic E-state index is 0.605. The number of hydrogen-bond donors (Lipinski definition) is 0. The van der Waals surface area contributed by atoms with E-state index in [1.165, 1.54) is 15.7 Å². The summed E-state index contributed by atoms with van der Waals surface area (Å²) in [5.74, 6) is 0. The third kappa shape index (κ3) is 1.82. The second-order valence-electron chi connectivity index (χ2n) is 2.73. The van der Waals surface area contributed by atoms with Gasteiger partial charge >= 0.3 is 0 Å². The molecule has 0 fully saturated rings. The van der Waals surface area contributed by atoms with Crippen LogP contribution in [-0.2, 0) is 0 Å². The second kappa shape index (κ2) is 4.03. The van der Waals surface area contributed by atoms with Crippen LogP contribution in [0.25, 0.3) is 10.8 Å². The van der Waals surface area contributed by atoms with Gasteiger partial charge in [0.05, 0.1) is 5.21 Å². The fraction of sp³-hybridized carbons (Fsp3) is 0.0909. The lowest BCUT2D eigenvalue weighted by molar-refractivity contribution is 1.55. The van der Waals surface area contributed by atoms with E-state index in [0.29, 0.717) is 5.21 Å². The van der Waals surface area contributed by atoms with E-state index in [0.717, 1.165) is 0 Å². The minimum Gasteiger partial charge on any atom is -0.114 e. The van der Waals surface area contributed by atoms with Crippen molar-refractivity contribution in [3.8, 4) is 0 Å². The first-order valence-corrected chi connectivity index (χ1v) is 5.60. The van der Waals surface area contributed by atoms with Gasteiger partial charge in [0.2, 0.25) is 0 Å². The molecule has 66 valence electrons. The highest BCUT2D eigenvalue weighted by Gasteiger charge is 1.98. The highest BCUT2D eigenvalue weighted by molar-refractivity contribution is 8.00. The molecule has 2 aromatic rings. The molecule has 0 saturated heterocycles. The average molecular weight is 209 g/mol. The number of benzene rings is 2. The summed E-state index contributed by atoms with van der Waals surface area (Å²) in [6.45, 7) is 0. The van der Waals surface area contributed by atoms with Crippen LogP contribution in [0.15, 0.2) is 47.4 Å². The number of rotatable bonds is 2. The van der Waals surface area contributed by atoms with Crippen molar-refractivity contribution < 1.29 is 0 Å². The summed E-state index contributed by atoms with van der Waals surface area (Å²) >= 11 is 7.37. The summed E-state index contributed by atoms with van der Waals surface area (Å²) in [4.78, 5) is 1.26. The van der Waals surface area contributed by atoms with Crippen molar-refractivity contribution in [3.05, 3.63) is 42.5 Å². The highest BCUT2D eigenvalue weighted by atomic mass is 35.5. The van der Waals surface area contributed by atoms with Crippen LogP contribution in [0.1, 0.15) is 0 Å². The second-order valence-corrected chi connectivity index (χ2v) is 4.33. The lowest BCUT2D eigenvalue weighted by Crippen LogP contribution is -1.76. The van der Waals surface area contributed by atoms with Crippen LogP contribution in [0.3, 0.4) is 0 Å². The van der Waals surface area contributed by atoms with Gasteiger partial charge in [0, 0.05) is 4.90 Å². The molecule has 0 aromatic heterocycles. The van der Waals surface area contributed by atoms with Crippen molar-refractivity contribution in [1.29, 1.82) is 0 Å². The smallest absolute Gasteiger partial charge is 0.0727 e. The molecule has 0 radical (unpaired) electrons. The van der Waals surface area contributed by atoms with Gasteiger partial charge in [-0.05, 0) is 16.8 Å². The predicted octanol–water partition coefficient (Wildman–Crippen LogP) is 4.13. The van der Waals surface area contributed by atoms with Crippen molar-refractivity contribution in [3.63, 3.8) is 0 Å². The first-order chi connectivity index (χ1) is 6.42. The Bertz CT molecular complexity index is 406. The molecule has 2 heteroatoms. The topological polar surface area (TPSA) is 0 Å². The first kappa shape index (κ1) is 8.92. The maximum atomic E-state index is 5.70. The lowest BCUT2D eigenvalue weighted by Gasteiger charge is -2.02. The molecular weight excluding hydrogens is 200 g/mol. The van der Waals surface area contributed by atoms with Crippen LogP contribution in [0.5, 0.6) is 0 Å². The van der Waals surface area contributed by atoms with Crippen LogP contribution in [0.4, 0.5) is 0 Å². The summed E-state index contributed by atoms with van der Waals surface area (Å²) in [7, 11) is 0. The van der Waals surface area contributed by atoms with Gasteiger partial charge in [-0.15, -0.1) is 23.4 Å². The number of fused-ring (bicyclic) bond motifs is 1. The molecule has 0 N–H and O–H groups in total. The van der Waals surface area contributed by atoms with E-state index in [-0.39, 0.29) is 0 Å². The van der Waals surface area contributed by atoms with Gasteiger partial charge < -0.3 is 0 Å². The van der Waals surface area contributed by atoms with Gasteiger partial charge in [0.15, 0.2) is 0 Å². The van der Waals surface area contributed by atoms with E-state index in [9.17, 15) is 0 Å². The van der Waals surface area contributed by atoms with Crippen LogP contribution in [-0.4, -0.2) is 5.21 Å².